The zero-order valence-electron chi connectivity index (χ0n) is 9.37. The molecule has 0 aliphatic heterocycles. The van der Waals surface area contributed by atoms with Crippen LogP contribution in [0.25, 0.3) is 0 Å². The summed E-state index contributed by atoms with van der Waals surface area (Å²) < 4.78 is 15.9. The first-order chi connectivity index (χ1) is 7.22. The van der Waals surface area contributed by atoms with E-state index in [-0.39, 0.29) is 0 Å². The first-order valence-electron chi connectivity index (χ1n) is 4.69. The molecule has 15 heavy (non-hydrogen) atoms. The quantitative estimate of drug-likeness (QED) is 0.696. The van der Waals surface area contributed by atoms with E-state index in [1.807, 2.05) is 19.1 Å². The summed E-state index contributed by atoms with van der Waals surface area (Å²) in [6.07, 6.45) is 1.69. The summed E-state index contributed by atoms with van der Waals surface area (Å²) in [5.41, 5.74) is 0.964. The Morgan fingerprint density at radius 2 is 1.73 bits per heavy atom. The van der Waals surface area contributed by atoms with Crippen LogP contribution in [-0.4, -0.2) is 20.8 Å². The van der Waals surface area contributed by atoms with E-state index in [1.54, 1.807) is 20.3 Å². The van der Waals surface area contributed by atoms with Gasteiger partial charge in [0.1, 0.15) is 23.9 Å². The standard InChI is InChI=1S/C12H16O3/c1-5-6-15-10-7-11(13-3)9(2)12(8-10)14-4/h5,7-8H,1,6H2,2-4H3. The van der Waals surface area contributed by atoms with Gasteiger partial charge >= 0.3 is 0 Å². The van der Waals surface area contributed by atoms with Crippen molar-refractivity contribution in [3.05, 3.63) is 30.4 Å². The summed E-state index contributed by atoms with van der Waals surface area (Å²) >= 11 is 0. The molecule has 3 heteroatoms. The highest BCUT2D eigenvalue weighted by Gasteiger charge is 2.08. The van der Waals surface area contributed by atoms with Gasteiger partial charge in [0.2, 0.25) is 0 Å². The Morgan fingerprint density at radius 3 is 2.13 bits per heavy atom. The van der Waals surface area contributed by atoms with Crippen LogP contribution in [0.5, 0.6) is 17.2 Å². The lowest BCUT2D eigenvalue weighted by Gasteiger charge is -2.12. The van der Waals surface area contributed by atoms with Crippen molar-refractivity contribution >= 4 is 0 Å². The van der Waals surface area contributed by atoms with Crippen LogP contribution >= 0.6 is 0 Å². The average molecular weight is 208 g/mol. The number of hydrogen-bond acceptors (Lipinski definition) is 3. The van der Waals surface area contributed by atoms with E-state index in [2.05, 4.69) is 6.58 Å². The molecule has 0 bridgehead atoms. The smallest absolute Gasteiger partial charge is 0.129 e. The second-order valence-corrected chi connectivity index (χ2v) is 3.05. The SMILES string of the molecule is C=CCOc1cc(OC)c(C)c(OC)c1. The van der Waals surface area contributed by atoms with Crippen molar-refractivity contribution in [3.63, 3.8) is 0 Å². The van der Waals surface area contributed by atoms with Gasteiger partial charge in [0.05, 0.1) is 14.2 Å². The first kappa shape index (κ1) is 11.4. The maximum Gasteiger partial charge on any atom is 0.129 e. The van der Waals surface area contributed by atoms with Crippen LogP contribution < -0.4 is 14.2 Å². The fourth-order valence-corrected chi connectivity index (χ4v) is 1.30. The highest BCUT2D eigenvalue weighted by molar-refractivity contribution is 5.49. The maximum absolute atomic E-state index is 5.42. The van der Waals surface area contributed by atoms with E-state index in [4.69, 9.17) is 14.2 Å². The van der Waals surface area contributed by atoms with Gasteiger partial charge in [-0.2, -0.15) is 0 Å². The lowest BCUT2D eigenvalue weighted by Crippen LogP contribution is -1.97. The van der Waals surface area contributed by atoms with Crippen LogP contribution in [0.1, 0.15) is 5.56 Å². The molecule has 0 aliphatic rings. The first-order valence-corrected chi connectivity index (χ1v) is 4.69. The monoisotopic (exact) mass is 208 g/mol. The average Bonchev–Trinajstić information content (AvgIpc) is 2.27. The summed E-state index contributed by atoms with van der Waals surface area (Å²) in [7, 11) is 3.25. The number of methoxy groups -OCH3 is 2. The summed E-state index contributed by atoms with van der Waals surface area (Å²) in [4.78, 5) is 0. The van der Waals surface area contributed by atoms with Gasteiger partial charge in [0.15, 0.2) is 0 Å². The third kappa shape index (κ3) is 2.65. The molecule has 0 saturated heterocycles. The minimum Gasteiger partial charge on any atom is -0.496 e. The Hall–Kier alpha value is -1.64. The molecule has 0 spiro atoms. The minimum atomic E-state index is 0.468. The van der Waals surface area contributed by atoms with Gasteiger partial charge in [-0.3, -0.25) is 0 Å². The molecular weight excluding hydrogens is 192 g/mol. The Bertz CT molecular complexity index is 320. The summed E-state index contributed by atoms with van der Waals surface area (Å²) in [5.74, 6) is 2.23. The van der Waals surface area contributed by atoms with Crippen LogP contribution in [0, 0.1) is 6.92 Å². The van der Waals surface area contributed by atoms with Gasteiger partial charge in [-0.1, -0.05) is 12.7 Å². The van der Waals surface area contributed by atoms with Crippen LogP contribution in [0.3, 0.4) is 0 Å². The van der Waals surface area contributed by atoms with Crippen LogP contribution in [0.15, 0.2) is 24.8 Å². The van der Waals surface area contributed by atoms with Gasteiger partial charge in [-0.25, -0.2) is 0 Å². The lowest BCUT2D eigenvalue weighted by atomic mass is 10.2. The zero-order valence-corrected chi connectivity index (χ0v) is 9.37. The van der Waals surface area contributed by atoms with Crippen molar-refractivity contribution in [2.24, 2.45) is 0 Å². The highest BCUT2D eigenvalue weighted by atomic mass is 16.5. The van der Waals surface area contributed by atoms with Crippen molar-refractivity contribution in [1.82, 2.24) is 0 Å². The molecule has 82 valence electrons. The van der Waals surface area contributed by atoms with Crippen molar-refractivity contribution in [1.29, 1.82) is 0 Å². The molecule has 1 aromatic carbocycles. The molecule has 0 radical (unpaired) electrons. The van der Waals surface area contributed by atoms with E-state index in [0.29, 0.717) is 12.4 Å². The van der Waals surface area contributed by atoms with Gasteiger partial charge in [0.25, 0.3) is 0 Å². The van der Waals surface area contributed by atoms with Gasteiger partial charge in [0, 0.05) is 17.7 Å². The molecule has 0 N–H and O–H groups in total. The number of rotatable bonds is 5. The Kier molecular flexibility index (Phi) is 4.03. The summed E-state index contributed by atoms with van der Waals surface area (Å²) in [5, 5.41) is 0. The van der Waals surface area contributed by atoms with Crippen LogP contribution in [0.2, 0.25) is 0 Å². The van der Waals surface area contributed by atoms with Crippen LogP contribution in [-0.2, 0) is 0 Å². The Morgan fingerprint density at radius 1 is 1.20 bits per heavy atom. The van der Waals surface area contributed by atoms with E-state index < -0.39 is 0 Å². The lowest BCUT2D eigenvalue weighted by molar-refractivity contribution is 0.347. The molecule has 0 atom stereocenters. The Balaban J connectivity index is 3.03. The molecule has 3 nitrogen and oxygen atoms in total. The number of benzene rings is 1. The molecule has 0 amide bonds. The summed E-state index contributed by atoms with van der Waals surface area (Å²) in [6, 6.07) is 3.67. The fraction of sp³-hybridized carbons (Fsp3) is 0.333. The maximum atomic E-state index is 5.42. The normalized spacial score (nSPS) is 9.53. The number of hydrogen-bond donors (Lipinski definition) is 0. The summed E-state index contributed by atoms with van der Waals surface area (Å²) in [6.45, 7) is 6.00. The molecule has 0 saturated carbocycles. The highest BCUT2D eigenvalue weighted by Crippen LogP contribution is 2.32. The van der Waals surface area contributed by atoms with E-state index in [0.717, 1.165) is 17.1 Å². The van der Waals surface area contributed by atoms with E-state index in [9.17, 15) is 0 Å². The molecule has 1 rings (SSSR count). The van der Waals surface area contributed by atoms with Gasteiger partial charge in [-0.05, 0) is 6.92 Å². The van der Waals surface area contributed by atoms with Crippen molar-refractivity contribution < 1.29 is 14.2 Å². The molecule has 0 aliphatic carbocycles. The minimum absolute atomic E-state index is 0.468. The van der Waals surface area contributed by atoms with Crippen molar-refractivity contribution in [2.75, 3.05) is 20.8 Å². The molecule has 0 aromatic heterocycles. The third-order valence-corrected chi connectivity index (χ3v) is 2.09. The van der Waals surface area contributed by atoms with E-state index >= 15 is 0 Å². The Labute approximate surface area is 90.3 Å². The molecular formula is C12H16O3. The molecule has 0 fully saturated rings. The topological polar surface area (TPSA) is 27.7 Å². The van der Waals surface area contributed by atoms with Crippen molar-refractivity contribution in [3.8, 4) is 17.2 Å². The second-order valence-electron chi connectivity index (χ2n) is 3.05. The molecule has 0 heterocycles. The largest absolute Gasteiger partial charge is 0.496 e. The molecule has 1 aromatic rings. The number of ether oxygens (including phenoxy) is 3. The van der Waals surface area contributed by atoms with E-state index in [1.165, 1.54) is 0 Å². The van der Waals surface area contributed by atoms with Gasteiger partial charge < -0.3 is 14.2 Å². The van der Waals surface area contributed by atoms with Crippen molar-refractivity contribution in [2.45, 2.75) is 6.92 Å². The predicted octanol–water partition coefficient (Wildman–Crippen LogP) is 2.58. The van der Waals surface area contributed by atoms with Gasteiger partial charge in [-0.15, -0.1) is 0 Å². The zero-order chi connectivity index (χ0) is 11.3. The second kappa shape index (κ2) is 5.29. The predicted molar refractivity (Wildman–Crippen MR) is 60.0 cm³/mol. The molecule has 0 unspecified atom stereocenters. The third-order valence-electron chi connectivity index (χ3n) is 2.09. The fourth-order valence-electron chi connectivity index (χ4n) is 1.30. The van der Waals surface area contributed by atoms with Crippen LogP contribution in [0.4, 0.5) is 0 Å².